The first-order valence-electron chi connectivity index (χ1n) is 6.49. The molecule has 4 nitrogen and oxygen atoms in total. The van der Waals surface area contributed by atoms with Crippen LogP contribution < -0.4 is 0 Å². The number of hydrogen-bond donors (Lipinski definition) is 0. The number of rotatable bonds is 6. The van der Waals surface area contributed by atoms with Crippen LogP contribution in [0.4, 0.5) is 0 Å². The molecule has 1 amide bonds. The van der Waals surface area contributed by atoms with Crippen molar-refractivity contribution in [1.82, 2.24) is 4.90 Å². The van der Waals surface area contributed by atoms with Crippen molar-refractivity contribution in [3.63, 3.8) is 0 Å². The van der Waals surface area contributed by atoms with E-state index in [0.717, 1.165) is 16.2 Å². The Bertz CT molecular complexity index is 540. The fourth-order valence-electron chi connectivity index (χ4n) is 1.88. The van der Waals surface area contributed by atoms with Crippen molar-refractivity contribution in [3.05, 3.63) is 45.5 Å². The quantitative estimate of drug-likeness (QED) is 0.821. The molecule has 0 saturated heterocycles. The summed E-state index contributed by atoms with van der Waals surface area (Å²) in [5.74, 6) is 0.805. The van der Waals surface area contributed by atoms with Crippen LogP contribution in [-0.4, -0.2) is 31.1 Å². The van der Waals surface area contributed by atoms with Gasteiger partial charge >= 0.3 is 0 Å². The van der Waals surface area contributed by atoms with E-state index >= 15 is 0 Å². The van der Waals surface area contributed by atoms with E-state index in [1.54, 1.807) is 18.3 Å². The van der Waals surface area contributed by atoms with Gasteiger partial charge in [-0.2, -0.15) is 0 Å². The lowest BCUT2D eigenvalue weighted by atomic mass is 10.2. The molecule has 0 bridgehead atoms. The number of nitrogens with zero attached hydrogens (tertiary/aromatic N) is 1. The van der Waals surface area contributed by atoms with Crippen molar-refractivity contribution in [1.29, 1.82) is 0 Å². The summed E-state index contributed by atoms with van der Waals surface area (Å²) >= 11 is 1.53. The lowest BCUT2D eigenvalue weighted by Crippen LogP contribution is -2.32. The average Bonchev–Trinajstić information content (AvgIpc) is 3.05. The molecule has 0 aliphatic rings. The number of hydrogen-bond acceptors (Lipinski definition) is 4. The van der Waals surface area contributed by atoms with Gasteiger partial charge in [-0.1, -0.05) is 0 Å². The van der Waals surface area contributed by atoms with Crippen LogP contribution in [0.5, 0.6) is 0 Å². The molecule has 108 valence electrons. The van der Waals surface area contributed by atoms with Gasteiger partial charge in [0.05, 0.1) is 24.3 Å². The Morgan fingerprint density at radius 2 is 2.25 bits per heavy atom. The molecule has 0 unspecified atom stereocenters. The third kappa shape index (κ3) is 3.49. The molecule has 0 atom stereocenters. The Labute approximate surface area is 123 Å². The lowest BCUT2D eigenvalue weighted by molar-refractivity contribution is 0.0671. The molecule has 0 saturated carbocycles. The highest BCUT2D eigenvalue weighted by atomic mass is 32.1. The van der Waals surface area contributed by atoms with Gasteiger partial charge in [-0.3, -0.25) is 4.79 Å². The number of aryl methyl sites for hydroxylation is 2. The summed E-state index contributed by atoms with van der Waals surface area (Å²) < 4.78 is 10.4. The summed E-state index contributed by atoms with van der Waals surface area (Å²) in [6.45, 7) is 5.57. The molecule has 2 aromatic heterocycles. The Hall–Kier alpha value is -1.59. The molecule has 0 aliphatic carbocycles. The van der Waals surface area contributed by atoms with Crippen LogP contribution in [0.15, 0.2) is 28.9 Å². The molecular weight excluding hydrogens is 274 g/mol. The number of furan rings is 1. The largest absolute Gasteiger partial charge is 0.467 e. The number of carbonyl (C=O) groups is 1. The maximum Gasteiger partial charge on any atom is 0.264 e. The monoisotopic (exact) mass is 293 g/mol. The zero-order chi connectivity index (χ0) is 14.5. The Balaban J connectivity index is 2.14. The van der Waals surface area contributed by atoms with Gasteiger partial charge in [0.2, 0.25) is 0 Å². The molecule has 0 radical (unpaired) electrons. The molecule has 0 spiro atoms. The van der Waals surface area contributed by atoms with E-state index in [2.05, 4.69) is 0 Å². The smallest absolute Gasteiger partial charge is 0.264 e. The van der Waals surface area contributed by atoms with Gasteiger partial charge in [-0.05, 0) is 37.6 Å². The fourth-order valence-corrected chi connectivity index (χ4v) is 2.88. The first-order valence-corrected chi connectivity index (χ1v) is 7.31. The van der Waals surface area contributed by atoms with Gasteiger partial charge < -0.3 is 14.1 Å². The number of methoxy groups -OCH3 is 1. The normalized spacial score (nSPS) is 10.8. The summed E-state index contributed by atoms with van der Waals surface area (Å²) in [4.78, 5) is 16.3. The van der Waals surface area contributed by atoms with Gasteiger partial charge in [0.1, 0.15) is 5.76 Å². The zero-order valence-corrected chi connectivity index (χ0v) is 12.8. The van der Waals surface area contributed by atoms with Gasteiger partial charge in [0.15, 0.2) is 0 Å². The summed E-state index contributed by atoms with van der Waals surface area (Å²) in [7, 11) is 1.63. The average molecular weight is 293 g/mol. The fraction of sp³-hybridized carbons (Fsp3) is 0.400. The van der Waals surface area contributed by atoms with E-state index in [9.17, 15) is 4.79 Å². The second-order valence-electron chi connectivity index (χ2n) is 4.65. The number of amides is 1. The van der Waals surface area contributed by atoms with Crippen LogP contribution in [0.3, 0.4) is 0 Å². The summed E-state index contributed by atoms with van der Waals surface area (Å²) in [6, 6.07) is 5.65. The standard InChI is InChI=1S/C15H19NO3S/c1-11-9-14(20-12(11)2)15(17)16(6-8-18-3)10-13-5-4-7-19-13/h4-5,7,9H,6,8,10H2,1-3H3. The molecule has 5 heteroatoms. The van der Waals surface area contributed by atoms with Gasteiger partial charge in [0.25, 0.3) is 5.91 Å². The third-order valence-electron chi connectivity index (χ3n) is 3.16. The highest BCUT2D eigenvalue weighted by Crippen LogP contribution is 2.22. The summed E-state index contributed by atoms with van der Waals surface area (Å²) in [6.07, 6.45) is 1.62. The van der Waals surface area contributed by atoms with E-state index in [1.807, 2.05) is 32.0 Å². The van der Waals surface area contributed by atoms with Crippen LogP contribution in [-0.2, 0) is 11.3 Å². The highest BCUT2D eigenvalue weighted by molar-refractivity contribution is 7.14. The summed E-state index contributed by atoms with van der Waals surface area (Å²) in [5, 5.41) is 0. The van der Waals surface area contributed by atoms with Gasteiger partial charge in [0, 0.05) is 18.5 Å². The minimum absolute atomic E-state index is 0.0275. The second kappa shape index (κ2) is 6.72. The molecule has 2 rings (SSSR count). The SMILES string of the molecule is COCCN(Cc1ccco1)C(=O)c1cc(C)c(C)s1. The molecule has 2 aromatic rings. The lowest BCUT2D eigenvalue weighted by Gasteiger charge is -2.20. The topological polar surface area (TPSA) is 42.7 Å². The Morgan fingerprint density at radius 1 is 1.45 bits per heavy atom. The van der Waals surface area contributed by atoms with Crippen molar-refractivity contribution in [3.8, 4) is 0 Å². The number of ether oxygens (including phenoxy) is 1. The molecule has 2 heterocycles. The van der Waals surface area contributed by atoms with Crippen LogP contribution in [0, 0.1) is 13.8 Å². The predicted octanol–water partition coefficient (Wildman–Crippen LogP) is 3.25. The van der Waals surface area contributed by atoms with Crippen molar-refractivity contribution >= 4 is 17.2 Å². The molecule has 20 heavy (non-hydrogen) atoms. The second-order valence-corrected chi connectivity index (χ2v) is 5.91. The van der Waals surface area contributed by atoms with E-state index in [0.29, 0.717) is 19.7 Å². The molecule has 0 aliphatic heterocycles. The maximum absolute atomic E-state index is 12.6. The Kier molecular flexibility index (Phi) is 4.98. The summed E-state index contributed by atoms with van der Waals surface area (Å²) in [5.41, 5.74) is 1.16. The van der Waals surface area contributed by atoms with Crippen molar-refractivity contribution < 1.29 is 13.9 Å². The highest BCUT2D eigenvalue weighted by Gasteiger charge is 2.19. The maximum atomic E-state index is 12.6. The van der Waals surface area contributed by atoms with Crippen molar-refractivity contribution in [2.24, 2.45) is 0 Å². The van der Waals surface area contributed by atoms with Crippen molar-refractivity contribution in [2.75, 3.05) is 20.3 Å². The first-order chi connectivity index (χ1) is 9.61. The van der Waals surface area contributed by atoms with Crippen LogP contribution >= 0.6 is 11.3 Å². The third-order valence-corrected chi connectivity index (χ3v) is 4.30. The van der Waals surface area contributed by atoms with E-state index in [4.69, 9.17) is 9.15 Å². The minimum Gasteiger partial charge on any atom is -0.467 e. The number of carbonyl (C=O) groups excluding carboxylic acids is 1. The van der Waals surface area contributed by atoms with E-state index < -0.39 is 0 Å². The van der Waals surface area contributed by atoms with E-state index in [-0.39, 0.29) is 5.91 Å². The minimum atomic E-state index is 0.0275. The van der Waals surface area contributed by atoms with Crippen molar-refractivity contribution in [2.45, 2.75) is 20.4 Å². The van der Waals surface area contributed by atoms with Gasteiger partial charge in [-0.25, -0.2) is 0 Å². The van der Waals surface area contributed by atoms with Crippen LogP contribution in [0.1, 0.15) is 25.9 Å². The Morgan fingerprint density at radius 3 is 2.80 bits per heavy atom. The molecule has 0 aromatic carbocycles. The van der Waals surface area contributed by atoms with Gasteiger partial charge in [-0.15, -0.1) is 11.3 Å². The first kappa shape index (κ1) is 14.8. The van der Waals surface area contributed by atoms with Crippen LogP contribution in [0.25, 0.3) is 0 Å². The zero-order valence-electron chi connectivity index (χ0n) is 12.0. The molecule has 0 N–H and O–H groups in total. The molecular formula is C15H19NO3S. The predicted molar refractivity (Wildman–Crippen MR) is 79.1 cm³/mol. The van der Waals surface area contributed by atoms with E-state index in [1.165, 1.54) is 16.2 Å². The number of thiophene rings is 1. The van der Waals surface area contributed by atoms with Crippen LogP contribution in [0.2, 0.25) is 0 Å². The molecule has 0 fully saturated rings.